The average Bonchev–Trinajstić information content (AvgIpc) is 2.41. The van der Waals surface area contributed by atoms with Crippen molar-refractivity contribution < 1.29 is 0 Å². The minimum absolute atomic E-state index is 0.210. The molecule has 15 heavy (non-hydrogen) atoms. The number of benzene rings is 1. The summed E-state index contributed by atoms with van der Waals surface area (Å²) in [5, 5.41) is 0.210. The SMILES string of the molecule is CC1Cc2ccc(C(C)(C)C)cc2C1Cl. The summed E-state index contributed by atoms with van der Waals surface area (Å²) in [6.07, 6.45) is 1.13. The van der Waals surface area contributed by atoms with Crippen LogP contribution < -0.4 is 0 Å². The first-order valence-corrected chi connectivity index (χ1v) is 6.10. The van der Waals surface area contributed by atoms with Gasteiger partial charge >= 0.3 is 0 Å². The summed E-state index contributed by atoms with van der Waals surface area (Å²) in [5.74, 6) is 0.580. The van der Waals surface area contributed by atoms with E-state index in [1.54, 1.807) is 0 Å². The topological polar surface area (TPSA) is 0 Å². The fraction of sp³-hybridized carbons (Fsp3) is 0.571. The standard InChI is InChI=1S/C14H19Cl/c1-9-7-10-5-6-11(14(2,3)4)8-12(10)13(9)15/h5-6,8-9,13H,7H2,1-4H3. The maximum absolute atomic E-state index is 6.42. The van der Waals surface area contributed by atoms with Crippen LogP contribution in [0.2, 0.25) is 0 Å². The molecule has 2 atom stereocenters. The highest BCUT2D eigenvalue weighted by Gasteiger charge is 2.28. The molecular weight excluding hydrogens is 204 g/mol. The zero-order valence-electron chi connectivity index (χ0n) is 9.97. The molecule has 0 saturated carbocycles. The Morgan fingerprint density at radius 1 is 1.27 bits per heavy atom. The number of halogens is 1. The van der Waals surface area contributed by atoms with E-state index in [9.17, 15) is 0 Å². The molecule has 0 aliphatic heterocycles. The van der Waals surface area contributed by atoms with Gasteiger partial charge in [0, 0.05) is 0 Å². The van der Waals surface area contributed by atoms with Crippen molar-refractivity contribution in [3.05, 3.63) is 34.9 Å². The van der Waals surface area contributed by atoms with E-state index in [0.717, 1.165) is 6.42 Å². The highest BCUT2D eigenvalue weighted by molar-refractivity contribution is 6.21. The largest absolute Gasteiger partial charge is 0.118 e. The Kier molecular flexibility index (Phi) is 2.58. The zero-order valence-corrected chi connectivity index (χ0v) is 10.7. The molecule has 0 spiro atoms. The predicted octanol–water partition coefficient (Wildman–Crippen LogP) is 4.46. The van der Waals surface area contributed by atoms with E-state index in [1.165, 1.54) is 16.7 Å². The van der Waals surface area contributed by atoms with Crippen molar-refractivity contribution in [2.75, 3.05) is 0 Å². The van der Waals surface area contributed by atoms with Crippen molar-refractivity contribution in [2.45, 2.75) is 44.9 Å². The van der Waals surface area contributed by atoms with Crippen LogP contribution in [-0.4, -0.2) is 0 Å². The Bertz CT molecular complexity index is 373. The van der Waals surface area contributed by atoms with Gasteiger partial charge in [-0.1, -0.05) is 45.9 Å². The molecule has 0 heterocycles. The van der Waals surface area contributed by atoms with Gasteiger partial charge in [-0.15, -0.1) is 11.6 Å². The van der Waals surface area contributed by atoms with Crippen molar-refractivity contribution in [1.29, 1.82) is 0 Å². The molecule has 2 rings (SSSR count). The van der Waals surface area contributed by atoms with E-state index < -0.39 is 0 Å². The van der Waals surface area contributed by atoms with E-state index in [2.05, 4.69) is 45.9 Å². The molecule has 0 bridgehead atoms. The van der Waals surface area contributed by atoms with E-state index in [0.29, 0.717) is 5.92 Å². The minimum Gasteiger partial charge on any atom is -0.118 e. The molecule has 0 aromatic heterocycles. The van der Waals surface area contributed by atoms with Crippen molar-refractivity contribution in [3.8, 4) is 0 Å². The number of rotatable bonds is 0. The maximum Gasteiger partial charge on any atom is 0.0616 e. The van der Waals surface area contributed by atoms with Crippen molar-refractivity contribution in [1.82, 2.24) is 0 Å². The first-order chi connectivity index (χ1) is 6.89. The summed E-state index contributed by atoms with van der Waals surface area (Å²) in [5.41, 5.74) is 4.41. The fourth-order valence-corrected chi connectivity index (χ4v) is 2.55. The smallest absolute Gasteiger partial charge is 0.0616 e. The van der Waals surface area contributed by atoms with Crippen LogP contribution in [0, 0.1) is 5.92 Å². The Hall–Kier alpha value is -0.490. The maximum atomic E-state index is 6.42. The normalized spacial score (nSPS) is 25.4. The van der Waals surface area contributed by atoms with Crippen LogP contribution in [0.3, 0.4) is 0 Å². The van der Waals surface area contributed by atoms with Gasteiger partial charge in [0.2, 0.25) is 0 Å². The summed E-state index contributed by atoms with van der Waals surface area (Å²) in [4.78, 5) is 0. The van der Waals surface area contributed by atoms with Gasteiger partial charge in [0.25, 0.3) is 0 Å². The first-order valence-electron chi connectivity index (χ1n) is 5.67. The lowest BCUT2D eigenvalue weighted by Crippen LogP contribution is -2.11. The van der Waals surface area contributed by atoms with Crippen LogP contribution in [0.1, 0.15) is 49.8 Å². The summed E-state index contributed by atoms with van der Waals surface area (Å²) < 4.78 is 0. The molecule has 0 fully saturated rings. The van der Waals surface area contributed by atoms with Gasteiger partial charge in [0.05, 0.1) is 5.38 Å². The van der Waals surface area contributed by atoms with Crippen LogP contribution in [0.25, 0.3) is 0 Å². The summed E-state index contributed by atoms with van der Waals surface area (Å²) in [6.45, 7) is 8.97. The summed E-state index contributed by atoms with van der Waals surface area (Å²) in [6, 6.07) is 6.81. The van der Waals surface area contributed by atoms with Crippen LogP contribution in [0.5, 0.6) is 0 Å². The number of fused-ring (bicyclic) bond motifs is 1. The molecule has 1 aromatic rings. The Labute approximate surface area is 97.6 Å². The lowest BCUT2D eigenvalue weighted by Gasteiger charge is -2.20. The number of hydrogen-bond donors (Lipinski definition) is 0. The third-order valence-electron chi connectivity index (χ3n) is 3.35. The monoisotopic (exact) mass is 222 g/mol. The predicted molar refractivity (Wildman–Crippen MR) is 66.6 cm³/mol. The molecule has 0 saturated heterocycles. The number of hydrogen-bond acceptors (Lipinski definition) is 0. The third-order valence-corrected chi connectivity index (χ3v) is 4.02. The van der Waals surface area contributed by atoms with Crippen LogP contribution in [0.4, 0.5) is 0 Å². The zero-order chi connectivity index (χ0) is 11.2. The van der Waals surface area contributed by atoms with Gasteiger partial charge in [-0.2, -0.15) is 0 Å². The first kappa shape index (κ1) is 11.0. The fourth-order valence-electron chi connectivity index (χ4n) is 2.26. The quantitative estimate of drug-likeness (QED) is 0.569. The molecule has 0 nitrogen and oxygen atoms in total. The van der Waals surface area contributed by atoms with E-state index in [4.69, 9.17) is 11.6 Å². The second-order valence-corrected chi connectivity index (χ2v) is 6.22. The van der Waals surface area contributed by atoms with E-state index in [1.807, 2.05) is 0 Å². The molecular formula is C14H19Cl. The Morgan fingerprint density at radius 3 is 2.53 bits per heavy atom. The summed E-state index contributed by atoms with van der Waals surface area (Å²) in [7, 11) is 0. The van der Waals surface area contributed by atoms with Crippen LogP contribution in [-0.2, 0) is 11.8 Å². The van der Waals surface area contributed by atoms with Gasteiger partial charge in [0.1, 0.15) is 0 Å². The molecule has 0 radical (unpaired) electrons. The molecule has 0 N–H and O–H groups in total. The Morgan fingerprint density at radius 2 is 1.93 bits per heavy atom. The second-order valence-electron chi connectivity index (χ2n) is 5.75. The van der Waals surface area contributed by atoms with Crippen molar-refractivity contribution in [2.24, 2.45) is 5.92 Å². The number of alkyl halides is 1. The molecule has 1 heteroatoms. The highest BCUT2D eigenvalue weighted by atomic mass is 35.5. The van der Waals surface area contributed by atoms with Crippen molar-refractivity contribution >= 4 is 11.6 Å². The highest BCUT2D eigenvalue weighted by Crippen LogP contribution is 2.42. The average molecular weight is 223 g/mol. The van der Waals surface area contributed by atoms with E-state index >= 15 is 0 Å². The van der Waals surface area contributed by atoms with Crippen molar-refractivity contribution in [3.63, 3.8) is 0 Å². The lowest BCUT2D eigenvalue weighted by atomic mass is 9.85. The molecule has 1 aliphatic rings. The van der Waals surface area contributed by atoms with E-state index in [-0.39, 0.29) is 10.8 Å². The van der Waals surface area contributed by atoms with Gasteiger partial charge in [-0.05, 0) is 34.4 Å². The Balaban J connectivity index is 2.44. The molecule has 1 aliphatic carbocycles. The molecule has 82 valence electrons. The van der Waals surface area contributed by atoms with Gasteiger partial charge in [-0.25, -0.2) is 0 Å². The minimum atomic E-state index is 0.210. The lowest BCUT2D eigenvalue weighted by molar-refractivity contribution is 0.587. The molecule has 2 unspecified atom stereocenters. The molecule has 1 aromatic carbocycles. The third kappa shape index (κ3) is 1.92. The van der Waals surface area contributed by atoms with Gasteiger partial charge < -0.3 is 0 Å². The summed E-state index contributed by atoms with van der Waals surface area (Å²) >= 11 is 6.42. The van der Waals surface area contributed by atoms with Crippen LogP contribution in [0.15, 0.2) is 18.2 Å². The second kappa shape index (κ2) is 3.52. The van der Waals surface area contributed by atoms with Crippen LogP contribution >= 0.6 is 11.6 Å². The van der Waals surface area contributed by atoms with Gasteiger partial charge in [-0.3, -0.25) is 0 Å². The van der Waals surface area contributed by atoms with Gasteiger partial charge in [0.15, 0.2) is 0 Å². The molecule has 0 amide bonds.